The lowest BCUT2D eigenvalue weighted by atomic mass is 10.0. The van der Waals surface area contributed by atoms with Gasteiger partial charge < -0.3 is 15.5 Å². The van der Waals surface area contributed by atoms with Gasteiger partial charge in [0, 0.05) is 30.7 Å². The molecule has 2 atom stereocenters. The number of aromatic hydroxyl groups is 2. The third-order valence-corrected chi connectivity index (χ3v) is 4.16. The highest BCUT2D eigenvalue weighted by Crippen LogP contribution is 2.29. The Morgan fingerprint density at radius 1 is 1.20 bits per heavy atom. The van der Waals surface area contributed by atoms with Crippen molar-refractivity contribution in [2.75, 3.05) is 13.1 Å². The molecule has 0 amide bonds. The topological polar surface area (TPSA) is 55.7 Å². The second-order valence-corrected chi connectivity index (χ2v) is 6.04. The van der Waals surface area contributed by atoms with Crippen molar-refractivity contribution in [2.24, 2.45) is 0 Å². The second kappa shape index (κ2) is 6.46. The zero-order valence-electron chi connectivity index (χ0n) is 12.6. The molecular formula is C16H26N2O2. The van der Waals surface area contributed by atoms with E-state index in [1.807, 2.05) is 0 Å². The van der Waals surface area contributed by atoms with E-state index < -0.39 is 0 Å². The quantitative estimate of drug-likeness (QED) is 0.775. The van der Waals surface area contributed by atoms with Crippen LogP contribution >= 0.6 is 0 Å². The van der Waals surface area contributed by atoms with Gasteiger partial charge in [-0.2, -0.15) is 0 Å². The second-order valence-electron chi connectivity index (χ2n) is 6.04. The van der Waals surface area contributed by atoms with Crippen LogP contribution in [0.2, 0.25) is 0 Å². The molecule has 0 radical (unpaired) electrons. The highest BCUT2D eigenvalue weighted by Gasteiger charge is 2.24. The van der Waals surface area contributed by atoms with Crippen molar-refractivity contribution in [2.45, 2.75) is 51.7 Å². The van der Waals surface area contributed by atoms with Crippen molar-refractivity contribution in [3.05, 3.63) is 23.8 Å². The van der Waals surface area contributed by atoms with Crippen molar-refractivity contribution >= 4 is 0 Å². The Morgan fingerprint density at radius 2 is 1.85 bits per heavy atom. The summed E-state index contributed by atoms with van der Waals surface area (Å²) in [4.78, 5) is 2.41. The minimum Gasteiger partial charge on any atom is -0.508 e. The molecule has 20 heavy (non-hydrogen) atoms. The van der Waals surface area contributed by atoms with Gasteiger partial charge in [-0.15, -0.1) is 0 Å². The lowest BCUT2D eigenvalue weighted by Crippen LogP contribution is -2.42. The first-order valence-electron chi connectivity index (χ1n) is 7.49. The summed E-state index contributed by atoms with van der Waals surface area (Å²) in [5.41, 5.74) is 0.953. The van der Waals surface area contributed by atoms with Crippen LogP contribution in [0.3, 0.4) is 0 Å². The molecule has 1 aromatic carbocycles. The van der Waals surface area contributed by atoms with Crippen LogP contribution in [0.15, 0.2) is 18.2 Å². The lowest BCUT2D eigenvalue weighted by Gasteiger charge is -2.35. The molecule has 0 bridgehead atoms. The number of rotatable bonds is 5. The monoisotopic (exact) mass is 278 g/mol. The summed E-state index contributed by atoms with van der Waals surface area (Å²) in [6.07, 6.45) is 2.47. The first kappa shape index (κ1) is 15.1. The Kier molecular flexibility index (Phi) is 4.89. The summed E-state index contributed by atoms with van der Waals surface area (Å²) in [7, 11) is 0. The van der Waals surface area contributed by atoms with Crippen LogP contribution in [0.4, 0.5) is 0 Å². The first-order valence-corrected chi connectivity index (χ1v) is 7.49. The molecule has 4 nitrogen and oxygen atoms in total. The minimum atomic E-state index is 0.120. The summed E-state index contributed by atoms with van der Waals surface area (Å²) >= 11 is 0. The van der Waals surface area contributed by atoms with Crippen LogP contribution < -0.4 is 5.32 Å². The lowest BCUT2D eigenvalue weighted by molar-refractivity contribution is 0.149. The van der Waals surface area contributed by atoms with Gasteiger partial charge in [0.25, 0.3) is 0 Å². The molecular weight excluding hydrogens is 252 g/mol. The van der Waals surface area contributed by atoms with Crippen LogP contribution in [0.5, 0.6) is 11.5 Å². The Bertz CT molecular complexity index is 422. The molecule has 2 unspecified atom stereocenters. The molecule has 2 rings (SSSR count). The Balaban J connectivity index is 2.14. The number of nitrogens with one attached hydrogen (secondary N) is 1. The number of hydrogen-bond acceptors (Lipinski definition) is 4. The Labute approximate surface area is 121 Å². The number of phenolic OH excluding ortho intramolecular Hbond substituents is 2. The maximum Gasteiger partial charge on any atom is 0.119 e. The smallest absolute Gasteiger partial charge is 0.119 e. The molecule has 1 aliphatic heterocycles. The van der Waals surface area contributed by atoms with Gasteiger partial charge in [-0.05, 0) is 57.9 Å². The highest BCUT2D eigenvalue weighted by molar-refractivity contribution is 5.38. The van der Waals surface area contributed by atoms with Crippen LogP contribution in [0.25, 0.3) is 0 Å². The fraction of sp³-hybridized carbons (Fsp3) is 0.625. The number of nitrogens with zero attached hydrogens (tertiary/aromatic N) is 1. The fourth-order valence-electron chi connectivity index (χ4n) is 3.03. The average Bonchev–Trinajstić information content (AvgIpc) is 2.86. The van der Waals surface area contributed by atoms with Crippen LogP contribution in [-0.2, 0) is 0 Å². The molecule has 1 saturated heterocycles. The molecule has 4 heteroatoms. The fourth-order valence-corrected chi connectivity index (χ4v) is 3.03. The number of phenols is 2. The average molecular weight is 278 g/mol. The van der Waals surface area contributed by atoms with E-state index in [4.69, 9.17) is 0 Å². The highest BCUT2D eigenvalue weighted by atomic mass is 16.3. The Hall–Kier alpha value is -1.26. The zero-order valence-corrected chi connectivity index (χ0v) is 12.6. The molecule has 1 aromatic rings. The van der Waals surface area contributed by atoms with Crippen LogP contribution in [0, 0.1) is 0 Å². The molecule has 0 spiro atoms. The molecule has 0 saturated carbocycles. The van der Waals surface area contributed by atoms with Gasteiger partial charge in [0.1, 0.15) is 11.5 Å². The summed E-state index contributed by atoms with van der Waals surface area (Å²) in [6, 6.07) is 5.97. The minimum absolute atomic E-state index is 0.120. The molecule has 112 valence electrons. The molecule has 3 N–H and O–H groups in total. The van der Waals surface area contributed by atoms with Crippen molar-refractivity contribution in [3.63, 3.8) is 0 Å². The maximum atomic E-state index is 9.66. The molecule has 1 aliphatic rings. The standard InChI is InChI=1S/C16H26N2O2/c1-11(2)18(10-14-5-4-6-17-14)12(3)13-7-15(19)9-16(20)8-13/h7-9,11-12,14,17,19-20H,4-6,10H2,1-3H3. The van der Waals surface area contributed by atoms with Crippen molar-refractivity contribution in [1.82, 2.24) is 10.2 Å². The van der Waals surface area contributed by atoms with E-state index in [0.29, 0.717) is 12.1 Å². The van der Waals surface area contributed by atoms with Crippen molar-refractivity contribution in [1.29, 1.82) is 0 Å². The normalized spacial score (nSPS) is 20.8. The van der Waals surface area contributed by atoms with E-state index in [1.54, 1.807) is 12.1 Å². The Morgan fingerprint density at radius 3 is 2.35 bits per heavy atom. The van der Waals surface area contributed by atoms with Gasteiger partial charge >= 0.3 is 0 Å². The van der Waals surface area contributed by atoms with E-state index >= 15 is 0 Å². The van der Waals surface area contributed by atoms with Crippen LogP contribution in [-0.4, -0.2) is 40.3 Å². The third kappa shape index (κ3) is 3.64. The van der Waals surface area contributed by atoms with Crippen molar-refractivity contribution in [3.8, 4) is 11.5 Å². The molecule has 1 fully saturated rings. The van der Waals surface area contributed by atoms with E-state index in [1.165, 1.54) is 18.9 Å². The summed E-state index contributed by atoms with van der Waals surface area (Å²) in [5, 5.41) is 22.8. The first-order chi connectivity index (χ1) is 9.47. The van der Waals surface area contributed by atoms with Gasteiger partial charge in [-0.1, -0.05) is 0 Å². The summed E-state index contributed by atoms with van der Waals surface area (Å²) in [5.74, 6) is 0.240. The maximum absolute atomic E-state index is 9.66. The largest absolute Gasteiger partial charge is 0.508 e. The molecule has 1 heterocycles. The van der Waals surface area contributed by atoms with Gasteiger partial charge in [-0.25, -0.2) is 0 Å². The van der Waals surface area contributed by atoms with Crippen molar-refractivity contribution < 1.29 is 10.2 Å². The third-order valence-electron chi connectivity index (χ3n) is 4.16. The predicted molar refractivity (Wildman–Crippen MR) is 81.1 cm³/mol. The summed E-state index contributed by atoms with van der Waals surface area (Å²) in [6.45, 7) is 8.61. The van der Waals surface area contributed by atoms with Gasteiger partial charge in [0.15, 0.2) is 0 Å². The van der Waals surface area contributed by atoms with E-state index in [9.17, 15) is 10.2 Å². The predicted octanol–water partition coefficient (Wildman–Crippen LogP) is 2.62. The summed E-state index contributed by atoms with van der Waals surface area (Å²) < 4.78 is 0. The zero-order chi connectivity index (χ0) is 14.7. The van der Waals surface area contributed by atoms with Gasteiger partial charge in [-0.3, -0.25) is 4.90 Å². The van der Waals surface area contributed by atoms with Gasteiger partial charge in [0.2, 0.25) is 0 Å². The van der Waals surface area contributed by atoms with Gasteiger partial charge in [0.05, 0.1) is 0 Å². The number of benzene rings is 1. The molecule has 0 aromatic heterocycles. The molecule has 0 aliphatic carbocycles. The van der Waals surface area contributed by atoms with Crippen LogP contribution in [0.1, 0.15) is 45.2 Å². The van der Waals surface area contributed by atoms with E-state index in [-0.39, 0.29) is 17.5 Å². The van der Waals surface area contributed by atoms with E-state index in [0.717, 1.165) is 18.7 Å². The number of hydrogen-bond donors (Lipinski definition) is 3. The van der Waals surface area contributed by atoms with E-state index in [2.05, 4.69) is 31.0 Å². The SMILES string of the molecule is CC(C)N(CC1CCCN1)C(C)c1cc(O)cc(O)c1.